The van der Waals surface area contributed by atoms with Gasteiger partial charge in [-0.1, -0.05) is 0 Å². The number of aliphatic carboxylic acids is 2. The Labute approximate surface area is 105 Å². The third kappa shape index (κ3) is 2.68. The van der Waals surface area contributed by atoms with Crippen LogP contribution in [0.15, 0.2) is 6.07 Å². The van der Waals surface area contributed by atoms with E-state index in [-0.39, 0.29) is 0 Å². The van der Waals surface area contributed by atoms with Gasteiger partial charge in [0.1, 0.15) is 5.82 Å². The number of carboxylic acid groups (broad SMARTS) is 2. The van der Waals surface area contributed by atoms with Gasteiger partial charge in [0.05, 0.1) is 6.04 Å². The van der Waals surface area contributed by atoms with E-state index in [1.807, 2.05) is 0 Å². The quantitative estimate of drug-likeness (QED) is 0.567. The molecule has 0 radical (unpaired) electrons. The standard InChI is InChI=1S/C11H10F3NO4/c1-3-5(12)2-4(8(14)7(3)13)9(15)6(10(16)17)11(18)19/h2,6,9H,15H2,1H3,(H,16,17)(H,18,19). The maximum Gasteiger partial charge on any atom is 0.319 e. The Morgan fingerprint density at radius 1 is 1.16 bits per heavy atom. The van der Waals surface area contributed by atoms with Crippen LogP contribution >= 0.6 is 0 Å². The summed E-state index contributed by atoms with van der Waals surface area (Å²) < 4.78 is 40.2. The first-order valence-corrected chi connectivity index (χ1v) is 5.03. The number of carbonyl (C=O) groups is 2. The molecule has 0 spiro atoms. The third-order valence-electron chi connectivity index (χ3n) is 2.67. The summed E-state index contributed by atoms with van der Waals surface area (Å²) in [5.74, 6) is -10.1. The van der Waals surface area contributed by atoms with Crippen molar-refractivity contribution in [2.75, 3.05) is 0 Å². The van der Waals surface area contributed by atoms with Crippen molar-refractivity contribution in [1.82, 2.24) is 0 Å². The Bertz CT molecular complexity index is 533. The number of carboxylic acids is 2. The molecule has 0 fully saturated rings. The number of benzene rings is 1. The van der Waals surface area contributed by atoms with Crippen molar-refractivity contribution >= 4 is 11.9 Å². The average molecular weight is 277 g/mol. The second kappa shape index (κ2) is 5.27. The minimum Gasteiger partial charge on any atom is -0.481 e. The minimum absolute atomic E-state index is 0.497. The van der Waals surface area contributed by atoms with Gasteiger partial charge in [0.15, 0.2) is 17.6 Å². The van der Waals surface area contributed by atoms with E-state index >= 15 is 0 Å². The SMILES string of the molecule is Cc1c(F)cc(C(N)C(C(=O)O)C(=O)O)c(F)c1F. The van der Waals surface area contributed by atoms with Crippen molar-refractivity contribution in [3.05, 3.63) is 34.6 Å². The Morgan fingerprint density at radius 2 is 1.63 bits per heavy atom. The summed E-state index contributed by atoms with van der Waals surface area (Å²) in [6.45, 7) is 0.981. The van der Waals surface area contributed by atoms with Gasteiger partial charge >= 0.3 is 11.9 Å². The highest BCUT2D eigenvalue weighted by atomic mass is 19.2. The molecule has 0 aliphatic heterocycles. The maximum atomic E-state index is 13.6. The topological polar surface area (TPSA) is 101 Å². The molecule has 0 aliphatic rings. The third-order valence-corrected chi connectivity index (χ3v) is 2.67. The van der Waals surface area contributed by atoms with E-state index in [0.717, 1.165) is 6.92 Å². The van der Waals surface area contributed by atoms with Gasteiger partial charge in [-0.3, -0.25) is 9.59 Å². The van der Waals surface area contributed by atoms with E-state index in [2.05, 4.69) is 0 Å². The molecular weight excluding hydrogens is 267 g/mol. The van der Waals surface area contributed by atoms with Crippen molar-refractivity contribution in [2.45, 2.75) is 13.0 Å². The smallest absolute Gasteiger partial charge is 0.319 e. The summed E-state index contributed by atoms with van der Waals surface area (Å²) in [5, 5.41) is 17.4. The van der Waals surface area contributed by atoms with E-state index in [9.17, 15) is 22.8 Å². The summed E-state index contributed by atoms with van der Waals surface area (Å²) in [6.07, 6.45) is 0. The first-order chi connectivity index (χ1) is 8.68. The van der Waals surface area contributed by atoms with Crippen LogP contribution in [-0.4, -0.2) is 22.2 Å². The highest BCUT2D eigenvalue weighted by molar-refractivity contribution is 5.94. The van der Waals surface area contributed by atoms with E-state index in [4.69, 9.17) is 15.9 Å². The first kappa shape index (κ1) is 15.0. The Morgan fingerprint density at radius 3 is 2.05 bits per heavy atom. The van der Waals surface area contributed by atoms with E-state index in [0.29, 0.717) is 6.07 Å². The Kier molecular flexibility index (Phi) is 4.15. The number of halogens is 3. The van der Waals surface area contributed by atoms with E-state index < -0.39 is 52.5 Å². The van der Waals surface area contributed by atoms with Crippen LogP contribution in [0.5, 0.6) is 0 Å². The molecule has 1 aromatic carbocycles. The highest BCUT2D eigenvalue weighted by Gasteiger charge is 2.36. The van der Waals surface area contributed by atoms with Gasteiger partial charge in [0.2, 0.25) is 0 Å². The Balaban J connectivity index is 3.37. The van der Waals surface area contributed by atoms with Crippen LogP contribution in [0.2, 0.25) is 0 Å². The van der Waals surface area contributed by atoms with Crippen LogP contribution in [0.4, 0.5) is 13.2 Å². The van der Waals surface area contributed by atoms with Gasteiger partial charge in [-0.25, -0.2) is 13.2 Å². The number of rotatable bonds is 4. The second-order valence-electron chi connectivity index (χ2n) is 3.88. The fourth-order valence-corrected chi connectivity index (χ4v) is 1.54. The fourth-order valence-electron chi connectivity index (χ4n) is 1.54. The summed E-state index contributed by atoms with van der Waals surface area (Å²) in [5.41, 5.74) is 3.86. The monoisotopic (exact) mass is 277 g/mol. The molecule has 5 nitrogen and oxygen atoms in total. The lowest BCUT2D eigenvalue weighted by Gasteiger charge is -2.18. The molecule has 0 saturated heterocycles. The molecule has 1 aromatic rings. The van der Waals surface area contributed by atoms with Gasteiger partial charge in [-0.15, -0.1) is 0 Å². The lowest BCUT2D eigenvalue weighted by molar-refractivity contribution is -0.155. The maximum absolute atomic E-state index is 13.6. The summed E-state index contributed by atoms with van der Waals surface area (Å²) in [6, 6.07) is -1.42. The molecule has 0 saturated carbocycles. The zero-order valence-corrected chi connectivity index (χ0v) is 9.65. The van der Waals surface area contributed by atoms with Crippen LogP contribution in [0.25, 0.3) is 0 Å². The van der Waals surface area contributed by atoms with E-state index in [1.165, 1.54) is 0 Å². The van der Waals surface area contributed by atoms with Gasteiger partial charge in [-0.2, -0.15) is 0 Å². The molecule has 0 bridgehead atoms. The normalized spacial score (nSPS) is 12.5. The molecule has 0 heterocycles. The molecule has 8 heteroatoms. The molecule has 0 aromatic heterocycles. The largest absolute Gasteiger partial charge is 0.481 e. The molecule has 0 aliphatic carbocycles. The van der Waals surface area contributed by atoms with Gasteiger partial charge in [0, 0.05) is 11.1 Å². The van der Waals surface area contributed by atoms with E-state index in [1.54, 1.807) is 0 Å². The molecule has 4 N–H and O–H groups in total. The Hall–Kier alpha value is -2.09. The van der Waals surface area contributed by atoms with Crippen LogP contribution in [0, 0.1) is 30.3 Å². The lowest BCUT2D eigenvalue weighted by atomic mass is 9.92. The van der Waals surface area contributed by atoms with Crippen LogP contribution in [0.3, 0.4) is 0 Å². The van der Waals surface area contributed by atoms with Crippen molar-refractivity contribution in [3.63, 3.8) is 0 Å². The van der Waals surface area contributed by atoms with Crippen molar-refractivity contribution in [1.29, 1.82) is 0 Å². The predicted molar refractivity (Wildman–Crippen MR) is 56.7 cm³/mol. The van der Waals surface area contributed by atoms with Gasteiger partial charge in [-0.05, 0) is 13.0 Å². The van der Waals surface area contributed by atoms with Crippen LogP contribution < -0.4 is 5.73 Å². The second-order valence-corrected chi connectivity index (χ2v) is 3.88. The summed E-state index contributed by atoms with van der Waals surface area (Å²) >= 11 is 0. The van der Waals surface area contributed by atoms with Crippen LogP contribution in [-0.2, 0) is 9.59 Å². The fraction of sp³-hybridized carbons (Fsp3) is 0.273. The summed E-state index contributed by atoms with van der Waals surface area (Å²) in [7, 11) is 0. The lowest BCUT2D eigenvalue weighted by Crippen LogP contribution is -2.35. The zero-order chi connectivity index (χ0) is 14.9. The molecule has 19 heavy (non-hydrogen) atoms. The highest BCUT2D eigenvalue weighted by Crippen LogP contribution is 2.27. The molecule has 1 atom stereocenters. The van der Waals surface area contributed by atoms with Crippen molar-refractivity contribution in [3.8, 4) is 0 Å². The molecule has 104 valence electrons. The van der Waals surface area contributed by atoms with Gasteiger partial charge in [0.25, 0.3) is 0 Å². The van der Waals surface area contributed by atoms with Crippen LogP contribution in [0.1, 0.15) is 17.2 Å². The zero-order valence-electron chi connectivity index (χ0n) is 9.65. The first-order valence-electron chi connectivity index (χ1n) is 5.03. The predicted octanol–water partition coefficient (Wildman–Crippen LogP) is 1.20. The minimum atomic E-state index is -2.21. The van der Waals surface area contributed by atoms with Crippen molar-refractivity contribution < 1.29 is 33.0 Å². The number of hydrogen-bond donors (Lipinski definition) is 3. The van der Waals surface area contributed by atoms with Gasteiger partial charge < -0.3 is 15.9 Å². The summed E-state index contributed by atoms with van der Waals surface area (Å²) in [4.78, 5) is 21.5. The molecule has 0 amide bonds. The molecule has 1 unspecified atom stereocenters. The number of hydrogen-bond acceptors (Lipinski definition) is 3. The average Bonchev–Trinajstić information content (AvgIpc) is 2.30. The molecule has 1 rings (SSSR count). The van der Waals surface area contributed by atoms with Crippen molar-refractivity contribution in [2.24, 2.45) is 11.7 Å². The molecular formula is C11H10F3NO4. The number of nitrogens with two attached hydrogens (primary N) is 1.